The number of anilines is 1. The number of rotatable bonds is 6. The third-order valence-corrected chi connectivity index (χ3v) is 4.82. The highest BCUT2D eigenvalue weighted by atomic mass is 16.5. The molecule has 3 rings (SSSR count). The van der Waals surface area contributed by atoms with E-state index < -0.39 is 5.92 Å². The first-order valence-corrected chi connectivity index (χ1v) is 8.79. The van der Waals surface area contributed by atoms with Crippen molar-refractivity contribution in [1.82, 2.24) is 5.32 Å². The number of nitrogens with zero attached hydrogens (tertiary/aromatic N) is 1. The minimum atomic E-state index is -0.408. The Morgan fingerprint density at radius 2 is 1.88 bits per heavy atom. The molecule has 2 atom stereocenters. The molecule has 0 aromatic heterocycles. The van der Waals surface area contributed by atoms with E-state index >= 15 is 0 Å². The molecule has 0 radical (unpaired) electrons. The number of likely N-dealkylation sites (N-methyl/N-ethyl adjacent to an activating group) is 1. The van der Waals surface area contributed by atoms with Crippen LogP contribution in [-0.4, -0.2) is 32.0 Å². The van der Waals surface area contributed by atoms with Crippen molar-refractivity contribution < 1.29 is 14.3 Å². The molecule has 1 heterocycles. The number of para-hydroxylation sites is 2. The number of hydrogen-bond acceptors (Lipinski definition) is 3. The lowest BCUT2D eigenvalue weighted by atomic mass is 9.96. The topological polar surface area (TPSA) is 58.6 Å². The molecule has 2 amide bonds. The van der Waals surface area contributed by atoms with Crippen LogP contribution in [0.3, 0.4) is 0 Å². The van der Waals surface area contributed by atoms with Gasteiger partial charge < -0.3 is 15.0 Å². The van der Waals surface area contributed by atoms with Gasteiger partial charge in [-0.25, -0.2) is 0 Å². The van der Waals surface area contributed by atoms with Gasteiger partial charge in [0.05, 0.1) is 13.0 Å². The fraction of sp³-hybridized carbons (Fsp3) is 0.333. The van der Waals surface area contributed by atoms with Crippen LogP contribution >= 0.6 is 0 Å². The van der Waals surface area contributed by atoms with Gasteiger partial charge >= 0.3 is 0 Å². The van der Waals surface area contributed by atoms with E-state index in [0.717, 1.165) is 22.6 Å². The van der Waals surface area contributed by atoms with E-state index in [0.29, 0.717) is 6.42 Å². The maximum absolute atomic E-state index is 12.5. The second-order valence-corrected chi connectivity index (χ2v) is 6.70. The smallest absolute Gasteiger partial charge is 0.234 e. The molecule has 136 valence electrons. The molecule has 5 heteroatoms. The molecule has 0 fully saturated rings. The number of ether oxygens (including phenoxy) is 1. The summed E-state index contributed by atoms with van der Waals surface area (Å²) in [5.74, 6) is 0.263. The normalized spacial score (nSPS) is 17.0. The summed E-state index contributed by atoms with van der Waals surface area (Å²) < 4.78 is 5.36. The fourth-order valence-corrected chi connectivity index (χ4v) is 3.54. The van der Waals surface area contributed by atoms with Crippen LogP contribution in [0.25, 0.3) is 0 Å². The standard InChI is InChI=1S/C21H24N2O3/c1-14(12-15-8-4-7-11-19(15)26-3)22-20(24)13-17-16-9-5-6-10-18(16)23(2)21(17)25/h4-11,14,17H,12-13H2,1-3H3,(H,22,24)/t14-,17+/m0/s1. The van der Waals surface area contributed by atoms with Crippen molar-refractivity contribution in [2.75, 3.05) is 19.1 Å². The number of methoxy groups -OCH3 is 1. The average molecular weight is 352 g/mol. The van der Waals surface area contributed by atoms with Crippen LogP contribution in [-0.2, 0) is 16.0 Å². The Kier molecular flexibility index (Phi) is 5.26. The Labute approximate surface area is 154 Å². The summed E-state index contributed by atoms with van der Waals surface area (Å²) in [6.07, 6.45) is 0.835. The van der Waals surface area contributed by atoms with Crippen LogP contribution < -0.4 is 15.0 Å². The molecular weight excluding hydrogens is 328 g/mol. The average Bonchev–Trinajstić information content (AvgIpc) is 2.87. The number of amides is 2. The minimum absolute atomic E-state index is 0.0290. The molecule has 2 aromatic rings. The van der Waals surface area contributed by atoms with Gasteiger partial charge in [-0.05, 0) is 36.6 Å². The van der Waals surface area contributed by atoms with E-state index in [-0.39, 0.29) is 24.3 Å². The van der Waals surface area contributed by atoms with Gasteiger partial charge in [-0.2, -0.15) is 0 Å². The number of carbonyl (C=O) groups excluding carboxylic acids is 2. The Morgan fingerprint density at radius 3 is 2.65 bits per heavy atom. The van der Waals surface area contributed by atoms with Gasteiger partial charge in [0.25, 0.3) is 0 Å². The number of fused-ring (bicyclic) bond motifs is 1. The second-order valence-electron chi connectivity index (χ2n) is 6.70. The summed E-state index contributed by atoms with van der Waals surface area (Å²) in [6.45, 7) is 1.96. The Balaban J connectivity index is 1.63. The number of nitrogens with one attached hydrogen (secondary N) is 1. The minimum Gasteiger partial charge on any atom is -0.496 e. The van der Waals surface area contributed by atoms with E-state index in [1.54, 1.807) is 19.1 Å². The van der Waals surface area contributed by atoms with Crippen molar-refractivity contribution in [1.29, 1.82) is 0 Å². The zero-order valence-electron chi connectivity index (χ0n) is 15.4. The summed E-state index contributed by atoms with van der Waals surface area (Å²) in [4.78, 5) is 26.6. The molecule has 0 saturated heterocycles. The zero-order valence-corrected chi connectivity index (χ0v) is 15.4. The molecule has 1 aliphatic heterocycles. The highest BCUT2D eigenvalue weighted by Gasteiger charge is 2.36. The molecule has 0 spiro atoms. The van der Waals surface area contributed by atoms with Crippen molar-refractivity contribution in [3.8, 4) is 5.75 Å². The Hall–Kier alpha value is -2.82. The summed E-state index contributed by atoms with van der Waals surface area (Å²) >= 11 is 0. The van der Waals surface area contributed by atoms with E-state index in [9.17, 15) is 9.59 Å². The van der Waals surface area contributed by atoms with Gasteiger partial charge in [0.1, 0.15) is 5.75 Å². The summed E-state index contributed by atoms with van der Waals surface area (Å²) in [6, 6.07) is 15.4. The lowest BCUT2D eigenvalue weighted by Crippen LogP contribution is -2.36. The molecular formula is C21H24N2O3. The van der Waals surface area contributed by atoms with E-state index in [1.807, 2.05) is 55.5 Å². The van der Waals surface area contributed by atoms with Crippen LogP contribution in [0.15, 0.2) is 48.5 Å². The predicted molar refractivity (Wildman–Crippen MR) is 102 cm³/mol. The molecule has 26 heavy (non-hydrogen) atoms. The second kappa shape index (κ2) is 7.60. The molecule has 5 nitrogen and oxygen atoms in total. The number of hydrogen-bond donors (Lipinski definition) is 1. The van der Waals surface area contributed by atoms with Gasteiger partial charge in [-0.1, -0.05) is 36.4 Å². The molecule has 1 N–H and O–H groups in total. The lowest BCUT2D eigenvalue weighted by molar-refractivity contribution is -0.126. The SMILES string of the molecule is COc1ccccc1C[C@H](C)NC(=O)C[C@H]1C(=O)N(C)c2ccccc21. The monoisotopic (exact) mass is 352 g/mol. The highest BCUT2D eigenvalue weighted by molar-refractivity contribution is 6.06. The van der Waals surface area contributed by atoms with Gasteiger partial charge in [0.15, 0.2) is 0 Å². The van der Waals surface area contributed by atoms with E-state index in [2.05, 4.69) is 5.32 Å². The quantitative estimate of drug-likeness (QED) is 0.870. The lowest BCUT2D eigenvalue weighted by Gasteiger charge is -2.17. The van der Waals surface area contributed by atoms with Crippen LogP contribution in [0.2, 0.25) is 0 Å². The number of benzene rings is 2. The van der Waals surface area contributed by atoms with Gasteiger partial charge in [0, 0.05) is 25.2 Å². The first-order chi connectivity index (χ1) is 12.5. The largest absolute Gasteiger partial charge is 0.496 e. The highest BCUT2D eigenvalue weighted by Crippen LogP contribution is 2.37. The van der Waals surface area contributed by atoms with Crippen molar-refractivity contribution in [2.45, 2.75) is 31.7 Å². The van der Waals surface area contributed by atoms with Gasteiger partial charge in [-0.15, -0.1) is 0 Å². The maximum atomic E-state index is 12.5. The van der Waals surface area contributed by atoms with E-state index in [1.165, 1.54) is 0 Å². The first kappa shape index (κ1) is 18.0. The predicted octanol–water partition coefficient (Wildman–Crippen LogP) is 2.89. The van der Waals surface area contributed by atoms with E-state index in [4.69, 9.17) is 4.74 Å². The van der Waals surface area contributed by atoms with Crippen molar-refractivity contribution in [3.63, 3.8) is 0 Å². The van der Waals surface area contributed by atoms with Crippen LogP contribution in [0.4, 0.5) is 5.69 Å². The van der Waals surface area contributed by atoms with Crippen LogP contribution in [0.5, 0.6) is 5.75 Å². The summed E-state index contributed by atoms with van der Waals surface area (Å²) in [5.41, 5.74) is 2.86. The Bertz CT molecular complexity index is 818. The van der Waals surface area contributed by atoms with Crippen molar-refractivity contribution >= 4 is 17.5 Å². The molecule has 1 aliphatic rings. The Morgan fingerprint density at radius 1 is 1.19 bits per heavy atom. The molecule has 0 aliphatic carbocycles. The van der Waals surface area contributed by atoms with Crippen LogP contribution in [0, 0.1) is 0 Å². The third kappa shape index (κ3) is 3.57. The summed E-state index contributed by atoms with van der Waals surface area (Å²) in [7, 11) is 3.39. The molecule has 0 unspecified atom stereocenters. The molecule has 0 saturated carbocycles. The summed E-state index contributed by atoms with van der Waals surface area (Å²) in [5, 5.41) is 3.01. The number of carbonyl (C=O) groups is 2. The zero-order chi connectivity index (χ0) is 18.7. The maximum Gasteiger partial charge on any atom is 0.234 e. The van der Waals surface area contributed by atoms with Gasteiger partial charge in [0.2, 0.25) is 11.8 Å². The van der Waals surface area contributed by atoms with Gasteiger partial charge in [-0.3, -0.25) is 9.59 Å². The van der Waals surface area contributed by atoms with Crippen molar-refractivity contribution in [3.05, 3.63) is 59.7 Å². The first-order valence-electron chi connectivity index (χ1n) is 8.79. The molecule has 0 bridgehead atoms. The van der Waals surface area contributed by atoms with Crippen molar-refractivity contribution in [2.24, 2.45) is 0 Å². The third-order valence-electron chi connectivity index (χ3n) is 4.82. The van der Waals surface area contributed by atoms with Crippen LogP contribution in [0.1, 0.15) is 30.4 Å². The fourth-order valence-electron chi connectivity index (χ4n) is 3.54. The molecule has 2 aromatic carbocycles.